The number of hydrogen-bond acceptors (Lipinski definition) is 9. The second-order valence-corrected chi connectivity index (χ2v) is 8.77. The molecule has 0 saturated carbocycles. The Morgan fingerprint density at radius 1 is 0.895 bits per heavy atom. The van der Waals surface area contributed by atoms with Gasteiger partial charge in [-0.3, -0.25) is 19.4 Å². The molecule has 1 rings (SSSR count). The Balaban J connectivity index is 3.05. The summed E-state index contributed by atoms with van der Waals surface area (Å²) in [6.07, 6.45) is -2.57. The number of aliphatic hydroxyl groups excluding tert-OH is 2. The summed E-state index contributed by atoms with van der Waals surface area (Å²) in [6, 6.07) is 0.178. The largest absolute Gasteiger partial charge is 0.508 e. The predicted octanol–water partition coefficient (Wildman–Crippen LogP) is -3.38. The lowest BCUT2D eigenvalue weighted by Crippen LogP contribution is -2.60. The van der Waals surface area contributed by atoms with Gasteiger partial charge in [-0.1, -0.05) is 12.1 Å². The molecule has 13 N–H and O–H groups in total. The third-order valence-electron chi connectivity index (χ3n) is 5.45. The highest BCUT2D eigenvalue weighted by atomic mass is 16.4. The normalized spacial score (nSPS) is 15.6. The fourth-order valence-corrected chi connectivity index (χ4v) is 3.25. The molecule has 212 valence electrons. The summed E-state index contributed by atoms with van der Waals surface area (Å²) in [6.45, 7) is 2.64. The van der Waals surface area contributed by atoms with E-state index in [1.54, 1.807) is 0 Å². The van der Waals surface area contributed by atoms with Crippen molar-refractivity contribution < 1.29 is 39.6 Å². The van der Waals surface area contributed by atoms with E-state index in [1.807, 2.05) is 0 Å². The summed E-state index contributed by atoms with van der Waals surface area (Å²) >= 11 is 0. The maximum atomic E-state index is 13.1. The van der Waals surface area contributed by atoms with Crippen LogP contribution in [0, 0.1) is 0 Å². The molecule has 0 radical (unpaired) electrons. The summed E-state index contributed by atoms with van der Waals surface area (Å²) in [5, 5.41) is 45.7. The van der Waals surface area contributed by atoms with Gasteiger partial charge in [-0.2, -0.15) is 0 Å². The molecule has 3 amide bonds. The van der Waals surface area contributed by atoms with Gasteiger partial charge in [-0.15, -0.1) is 0 Å². The molecule has 0 fully saturated rings. The second kappa shape index (κ2) is 15.3. The average molecular weight is 540 g/mol. The number of nitrogens with zero attached hydrogens (tertiary/aromatic N) is 1. The zero-order valence-corrected chi connectivity index (χ0v) is 21.2. The van der Waals surface area contributed by atoms with E-state index in [1.165, 1.54) is 38.1 Å². The quantitative estimate of drug-likeness (QED) is 0.0596. The van der Waals surface area contributed by atoms with Gasteiger partial charge in [0.25, 0.3) is 0 Å². The Hall–Kier alpha value is -3.95. The molecule has 1 aromatic rings. The minimum atomic E-state index is -1.58. The molecular formula is C23H37N7O8. The molecule has 0 aromatic heterocycles. The number of aliphatic hydroxyl groups is 2. The van der Waals surface area contributed by atoms with Crippen LogP contribution in [0.1, 0.15) is 32.3 Å². The molecule has 6 unspecified atom stereocenters. The first-order valence-electron chi connectivity index (χ1n) is 11.8. The number of aliphatic imine (C=N–C) groups is 1. The molecule has 0 saturated heterocycles. The van der Waals surface area contributed by atoms with Crippen LogP contribution in [0.2, 0.25) is 0 Å². The number of phenols is 1. The van der Waals surface area contributed by atoms with Gasteiger partial charge < -0.3 is 53.6 Å². The van der Waals surface area contributed by atoms with E-state index in [-0.39, 0.29) is 37.5 Å². The fraction of sp³-hybridized carbons (Fsp3) is 0.522. The van der Waals surface area contributed by atoms with Crippen LogP contribution in [0.15, 0.2) is 29.3 Å². The monoisotopic (exact) mass is 539 g/mol. The van der Waals surface area contributed by atoms with Gasteiger partial charge >= 0.3 is 5.97 Å². The van der Waals surface area contributed by atoms with Gasteiger partial charge in [-0.25, -0.2) is 4.79 Å². The molecule has 15 nitrogen and oxygen atoms in total. The number of amides is 3. The van der Waals surface area contributed by atoms with Gasteiger partial charge in [0.05, 0.1) is 12.2 Å². The minimum absolute atomic E-state index is 0.0213. The molecule has 38 heavy (non-hydrogen) atoms. The third kappa shape index (κ3) is 11.0. The predicted molar refractivity (Wildman–Crippen MR) is 136 cm³/mol. The number of carboxylic acid groups (broad SMARTS) is 1. The first-order valence-corrected chi connectivity index (χ1v) is 11.8. The lowest BCUT2D eigenvalue weighted by molar-refractivity contribution is -0.143. The molecule has 0 bridgehead atoms. The number of carbonyl (C=O) groups is 4. The highest BCUT2D eigenvalue weighted by Gasteiger charge is 2.33. The average Bonchev–Trinajstić information content (AvgIpc) is 2.83. The van der Waals surface area contributed by atoms with E-state index in [0.717, 1.165) is 0 Å². The molecule has 0 aliphatic heterocycles. The Bertz CT molecular complexity index is 980. The van der Waals surface area contributed by atoms with Crippen molar-refractivity contribution in [2.24, 2.45) is 22.2 Å². The highest BCUT2D eigenvalue weighted by molar-refractivity contribution is 5.94. The molecule has 15 heteroatoms. The number of nitrogens with two attached hydrogens (primary N) is 3. The van der Waals surface area contributed by atoms with Crippen molar-refractivity contribution in [2.75, 3.05) is 6.54 Å². The number of benzene rings is 1. The maximum absolute atomic E-state index is 13.1. The van der Waals surface area contributed by atoms with Crippen molar-refractivity contribution in [3.63, 3.8) is 0 Å². The van der Waals surface area contributed by atoms with Crippen LogP contribution in [0.3, 0.4) is 0 Å². The number of carbonyl (C=O) groups excluding carboxylic acids is 3. The first kappa shape index (κ1) is 32.1. The smallest absolute Gasteiger partial charge is 0.326 e. The number of aliphatic carboxylic acids is 1. The Morgan fingerprint density at radius 2 is 1.47 bits per heavy atom. The Labute approximate surface area is 219 Å². The van der Waals surface area contributed by atoms with Gasteiger partial charge in [0.2, 0.25) is 17.7 Å². The molecule has 0 aliphatic carbocycles. The number of nitrogens with one attached hydrogen (secondary N) is 3. The molecule has 6 atom stereocenters. The van der Waals surface area contributed by atoms with Crippen LogP contribution < -0.4 is 33.2 Å². The topological polar surface area (TPSA) is 276 Å². The number of aromatic hydroxyl groups is 1. The zero-order chi connectivity index (χ0) is 29.0. The number of guanidine groups is 1. The van der Waals surface area contributed by atoms with E-state index in [9.17, 15) is 39.6 Å². The molecule has 0 spiro atoms. The number of rotatable bonds is 15. The van der Waals surface area contributed by atoms with Crippen LogP contribution in [0.4, 0.5) is 0 Å². The molecule has 0 heterocycles. The van der Waals surface area contributed by atoms with Gasteiger partial charge in [-0.05, 0) is 44.4 Å². The summed E-state index contributed by atoms with van der Waals surface area (Å²) in [5.74, 6) is -4.23. The summed E-state index contributed by atoms with van der Waals surface area (Å²) in [4.78, 5) is 53.8. The van der Waals surface area contributed by atoms with Crippen LogP contribution in [0.5, 0.6) is 5.75 Å². The first-order chi connectivity index (χ1) is 17.7. The SMILES string of the molecule is CC(O)C(N)C(=O)NC(Cc1ccc(O)cc1)C(=O)NC(C(=O)NC(CCCN=C(N)N)C(=O)O)C(C)O. The molecule has 0 aliphatic rings. The van der Waals surface area contributed by atoms with E-state index in [4.69, 9.17) is 17.2 Å². The second-order valence-electron chi connectivity index (χ2n) is 8.77. The van der Waals surface area contributed by atoms with Crippen molar-refractivity contribution in [2.45, 2.75) is 69.5 Å². The summed E-state index contributed by atoms with van der Waals surface area (Å²) in [7, 11) is 0. The van der Waals surface area contributed by atoms with E-state index in [2.05, 4.69) is 20.9 Å². The van der Waals surface area contributed by atoms with Gasteiger partial charge in [0, 0.05) is 13.0 Å². The third-order valence-corrected chi connectivity index (χ3v) is 5.45. The van der Waals surface area contributed by atoms with Crippen LogP contribution in [-0.4, -0.2) is 93.0 Å². The van der Waals surface area contributed by atoms with Crippen molar-refractivity contribution in [1.82, 2.24) is 16.0 Å². The van der Waals surface area contributed by atoms with E-state index >= 15 is 0 Å². The van der Waals surface area contributed by atoms with E-state index in [0.29, 0.717) is 5.56 Å². The lowest BCUT2D eigenvalue weighted by atomic mass is 10.0. The van der Waals surface area contributed by atoms with Gasteiger partial charge in [0.15, 0.2) is 5.96 Å². The molecule has 1 aromatic carbocycles. The van der Waals surface area contributed by atoms with E-state index < -0.39 is 60.1 Å². The summed E-state index contributed by atoms with van der Waals surface area (Å²) < 4.78 is 0. The number of carboxylic acids is 1. The van der Waals surface area contributed by atoms with Crippen molar-refractivity contribution >= 4 is 29.7 Å². The standard InChI is InChI=1S/C23H37N7O8/c1-11(31)17(24)20(35)29-16(10-13-5-7-14(33)8-6-13)19(34)30-18(12(2)32)21(36)28-15(22(37)38)4-3-9-27-23(25)26/h5-8,11-12,15-18,31-33H,3-4,9-10,24H2,1-2H3,(H,28,36)(H,29,35)(H,30,34)(H,37,38)(H4,25,26,27). The number of hydrogen-bond donors (Lipinski definition) is 10. The summed E-state index contributed by atoms with van der Waals surface area (Å²) in [5.41, 5.74) is 16.6. The Morgan fingerprint density at radius 3 is 1.97 bits per heavy atom. The maximum Gasteiger partial charge on any atom is 0.326 e. The van der Waals surface area contributed by atoms with Crippen LogP contribution in [0.25, 0.3) is 0 Å². The minimum Gasteiger partial charge on any atom is -0.508 e. The van der Waals surface area contributed by atoms with Crippen molar-refractivity contribution in [3.05, 3.63) is 29.8 Å². The zero-order valence-electron chi connectivity index (χ0n) is 21.2. The fourth-order valence-electron chi connectivity index (χ4n) is 3.25. The van der Waals surface area contributed by atoms with Crippen molar-refractivity contribution in [3.8, 4) is 5.75 Å². The Kier molecular flexibility index (Phi) is 12.9. The van der Waals surface area contributed by atoms with Crippen LogP contribution >= 0.6 is 0 Å². The number of phenolic OH excluding ortho intramolecular Hbond substituents is 1. The highest BCUT2D eigenvalue weighted by Crippen LogP contribution is 2.12. The van der Waals surface area contributed by atoms with Crippen LogP contribution in [-0.2, 0) is 25.6 Å². The lowest BCUT2D eigenvalue weighted by Gasteiger charge is -2.27. The molecular weight excluding hydrogens is 502 g/mol. The van der Waals surface area contributed by atoms with Crippen molar-refractivity contribution in [1.29, 1.82) is 0 Å². The van der Waals surface area contributed by atoms with Gasteiger partial charge in [0.1, 0.15) is 29.9 Å².